The van der Waals surface area contributed by atoms with E-state index in [-0.39, 0.29) is 18.0 Å². The Bertz CT molecular complexity index is 412. The van der Waals surface area contributed by atoms with E-state index in [4.69, 9.17) is 15.2 Å². The highest BCUT2D eigenvalue weighted by Gasteiger charge is 2.48. The van der Waals surface area contributed by atoms with Crippen molar-refractivity contribution in [3.8, 4) is 0 Å². The van der Waals surface area contributed by atoms with Crippen molar-refractivity contribution in [2.45, 2.75) is 43.7 Å². The first-order valence-electron chi connectivity index (χ1n) is 6.23. The van der Waals surface area contributed by atoms with Crippen LogP contribution < -0.4 is 5.73 Å². The monoisotopic (exact) mass is 232 g/mol. The first-order valence-corrected chi connectivity index (χ1v) is 6.23. The van der Waals surface area contributed by atoms with Gasteiger partial charge in [0.1, 0.15) is 6.10 Å². The fourth-order valence-electron chi connectivity index (χ4n) is 2.86. The van der Waals surface area contributed by atoms with E-state index in [2.05, 4.69) is 6.92 Å². The standard InChI is InChI=1S/C14H18NO2/c1-10-13(11-6-2-3-7-12(11)15)17-14(16-10)8-4-5-9-14/h2-3,6-7,10,13H,1,4-5,8-9,15H2/t10-,13+/m1/s1. The fraction of sp³-hybridized carbons (Fsp3) is 0.500. The maximum absolute atomic E-state index is 6.12. The molecule has 91 valence electrons. The Hall–Kier alpha value is -1.06. The molecular weight excluding hydrogens is 214 g/mol. The lowest BCUT2D eigenvalue weighted by atomic mass is 10.0. The van der Waals surface area contributed by atoms with Crippen LogP contribution in [-0.4, -0.2) is 11.9 Å². The van der Waals surface area contributed by atoms with E-state index in [9.17, 15) is 0 Å². The normalized spacial score (nSPS) is 31.1. The van der Waals surface area contributed by atoms with Gasteiger partial charge in [0.05, 0.1) is 6.10 Å². The van der Waals surface area contributed by atoms with Gasteiger partial charge in [-0.25, -0.2) is 0 Å². The fourth-order valence-corrected chi connectivity index (χ4v) is 2.86. The van der Waals surface area contributed by atoms with Gasteiger partial charge in [0.15, 0.2) is 5.79 Å². The average molecular weight is 232 g/mol. The van der Waals surface area contributed by atoms with Crippen molar-refractivity contribution in [1.82, 2.24) is 0 Å². The van der Waals surface area contributed by atoms with Crippen molar-refractivity contribution in [2.24, 2.45) is 0 Å². The van der Waals surface area contributed by atoms with Gasteiger partial charge in [0, 0.05) is 24.1 Å². The lowest BCUT2D eigenvalue weighted by Gasteiger charge is -2.22. The van der Waals surface area contributed by atoms with Crippen LogP contribution in [-0.2, 0) is 9.47 Å². The lowest BCUT2D eigenvalue weighted by molar-refractivity contribution is -0.167. The number of para-hydroxylation sites is 1. The molecule has 1 aromatic carbocycles. The van der Waals surface area contributed by atoms with Crippen LogP contribution in [0.1, 0.15) is 37.4 Å². The van der Waals surface area contributed by atoms with Crippen LogP contribution in [0.25, 0.3) is 0 Å². The molecule has 17 heavy (non-hydrogen) atoms. The number of rotatable bonds is 1. The minimum Gasteiger partial charge on any atom is -0.398 e. The summed E-state index contributed by atoms with van der Waals surface area (Å²) in [6, 6.07) is 7.79. The molecular formula is C14H18NO2. The zero-order valence-electron chi connectivity index (χ0n) is 9.89. The smallest absolute Gasteiger partial charge is 0.169 e. The SMILES string of the molecule is [CH2][C@H]1OC2(CCCC2)O[C@@H]1c1ccccc1N. The molecule has 1 spiro atoms. The zero-order chi connectivity index (χ0) is 11.9. The van der Waals surface area contributed by atoms with Crippen LogP contribution in [0.5, 0.6) is 0 Å². The first kappa shape index (κ1) is 11.1. The Morgan fingerprint density at radius 3 is 2.59 bits per heavy atom. The summed E-state index contributed by atoms with van der Waals surface area (Å²) in [7, 11) is 0. The molecule has 3 rings (SSSR count). The second kappa shape index (κ2) is 4.00. The van der Waals surface area contributed by atoms with E-state index < -0.39 is 0 Å². The lowest BCUT2D eigenvalue weighted by Crippen LogP contribution is -2.26. The van der Waals surface area contributed by atoms with Crippen LogP contribution in [0.4, 0.5) is 5.69 Å². The Morgan fingerprint density at radius 1 is 1.18 bits per heavy atom. The molecule has 3 nitrogen and oxygen atoms in total. The Morgan fingerprint density at radius 2 is 1.88 bits per heavy atom. The average Bonchev–Trinajstić information content (AvgIpc) is 2.88. The van der Waals surface area contributed by atoms with Crippen LogP contribution in [0.2, 0.25) is 0 Å². The highest BCUT2D eigenvalue weighted by atomic mass is 16.8. The third kappa shape index (κ3) is 1.83. The molecule has 1 aliphatic heterocycles. The van der Waals surface area contributed by atoms with Crippen molar-refractivity contribution in [3.05, 3.63) is 36.8 Å². The third-order valence-corrected chi connectivity index (χ3v) is 3.71. The minimum atomic E-state index is -0.390. The Balaban J connectivity index is 1.87. The van der Waals surface area contributed by atoms with Gasteiger partial charge in [-0.3, -0.25) is 0 Å². The number of hydrogen-bond acceptors (Lipinski definition) is 3. The summed E-state index contributed by atoms with van der Waals surface area (Å²) >= 11 is 0. The molecule has 2 fully saturated rings. The highest BCUT2D eigenvalue weighted by molar-refractivity contribution is 5.48. The molecule has 1 heterocycles. The Kier molecular flexibility index (Phi) is 2.60. The highest BCUT2D eigenvalue weighted by Crippen LogP contribution is 2.47. The van der Waals surface area contributed by atoms with Gasteiger partial charge < -0.3 is 15.2 Å². The molecule has 0 unspecified atom stereocenters. The van der Waals surface area contributed by atoms with Gasteiger partial charge in [-0.15, -0.1) is 0 Å². The molecule has 0 bridgehead atoms. The van der Waals surface area contributed by atoms with E-state index in [0.29, 0.717) is 0 Å². The number of nitrogen functional groups attached to an aromatic ring is 1. The predicted octanol–water partition coefficient (Wildman–Crippen LogP) is 2.83. The molecule has 3 heteroatoms. The molecule has 2 atom stereocenters. The molecule has 1 radical (unpaired) electrons. The molecule has 0 aromatic heterocycles. The van der Waals surface area contributed by atoms with Crippen molar-refractivity contribution in [1.29, 1.82) is 0 Å². The van der Waals surface area contributed by atoms with Crippen LogP contribution in [0.15, 0.2) is 24.3 Å². The summed E-state index contributed by atoms with van der Waals surface area (Å²) in [4.78, 5) is 0. The van der Waals surface area contributed by atoms with E-state index in [1.54, 1.807) is 0 Å². The van der Waals surface area contributed by atoms with Crippen LogP contribution in [0.3, 0.4) is 0 Å². The van der Waals surface area contributed by atoms with Crippen molar-refractivity contribution >= 4 is 5.69 Å². The number of hydrogen-bond donors (Lipinski definition) is 1. The second-order valence-electron chi connectivity index (χ2n) is 4.94. The van der Waals surface area contributed by atoms with Gasteiger partial charge in [-0.2, -0.15) is 0 Å². The summed E-state index contributed by atoms with van der Waals surface area (Å²) in [6.45, 7) is 4.05. The molecule has 1 saturated carbocycles. The summed E-state index contributed by atoms with van der Waals surface area (Å²) < 4.78 is 12.1. The molecule has 1 aromatic rings. The number of ether oxygens (including phenoxy) is 2. The van der Waals surface area contributed by atoms with E-state index in [1.807, 2.05) is 24.3 Å². The quantitative estimate of drug-likeness (QED) is 0.757. The topological polar surface area (TPSA) is 44.5 Å². The van der Waals surface area contributed by atoms with Crippen molar-refractivity contribution in [2.75, 3.05) is 5.73 Å². The van der Waals surface area contributed by atoms with E-state index in [0.717, 1.165) is 24.1 Å². The largest absolute Gasteiger partial charge is 0.398 e. The van der Waals surface area contributed by atoms with E-state index in [1.165, 1.54) is 12.8 Å². The zero-order valence-corrected chi connectivity index (χ0v) is 9.89. The summed E-state index contributed by atoms with van der Waals surface area (Å²) in [5.74, 6) is -0.390. The van der Waals surface area contributed by atoms with Crippen LogP contribution in [0, 0.1) is 6.92 Å². The molecule has 0 amide bonds. The van der Waals surface area contributed by atoms with Gasteiger partial charge in [0.25, 0.3) is 0 Å². The summed E-state index contributed by atoms with van der Waals surface area (Å²) in [5.41, 5.74) is 7.74. The molecule has 2 aliphatic rings. The number of anilines is 1. The van der Waals surface area contributed by atoms with Crippen molar-refractivity contribution in [3.63, 3.8) is 0 Å². The number of nitrogens with two attached hydrogens (primary N) is 1. The Labute approximate surface area is 102 Å². The molecule has 2 N–H and O–H groups in total. The van der Waals surface area contributed by atoms with Crippen molar-refractivity contribution < 1.29 is 9.47 Å². The second-order valence-corrected chi connectivity index (χ2v) is 4.94. The molecule has 1 aliphatic carbocycles. The maximum atomic E-state index is 6.12. The predicted molar refractivity (Wildman–Crippen MR) is 66.1 cm³/mol. The van der Waals surface area contributed by atoms with Gasteiger partial charge in [-0.05, 0) is 25.8 Å². The summed E-state index contributed by atoms with van der Waals surface area (Å²) in [5, 5.41) is 0. The van der Waals surface area contributed by atoms with E-state index >= 15 is 0 Å². The van der Waals surface area contributed by atoms with Crippen LogP contribution >= 0.6 is 0 Å². The third-order valence-electron chi connectivity index (χ3n) is 3.71. The summed E-state index contributed by atoms with van der Waals surface area (Å²) in [6.07, 6.45) is 3.99. The van der Waals surface area contributed by atoms with Gasteiger partial charge >= 0.3 is 0 Å². The maximum Gasteiger partial charge on any atom is 0.169 e. The number of benzene rings is 1. The minimum absolute atomic E-state index is 0.130. The first-order chi connectivity index (χ1) is 8.20. The molecule has 1 saturated heterocycles. The van der Waals surface area contributed by atoms with Gasteiger partial charge in [-0.1, -0.05) is 18.2 Å². The van der Waals surface area contributed by atoms with Gasteiger partial charge in [0.2, 0.25) is 0 Å².